The van der Waals surface area contributed by atoms with Gasteiger partial charge in [0.1, 0.15) is 6.54 Å². The predicted molar refractivity (Wildman–Crippen MR) is 54.7 cm³/mol. The van der Waals surface area contributed by atoms with Gasteiger partial charge in [-0.2, -0.15) is 35.1 Å². The Morgan fingerprint density at radius 1 is 1.05 bits per heavy atom. The van der Waals surface area contributed by atoms with Gasteiger partial charge in [0.15, 0.2) is 0 Å². The maximum atomic E-state index is 12.8. The van der Waals surface area contributed by atoms with Crippen molar-refractivity contribution in [1.82, 2.24) is 4.90 Å². The second-order valence-electron chi connectivity index (χ2n) is 3.96. The van der Waals surface area contributed by atoms with Gasteiger partial charge in [-0.05, 0) is 13.3 Å². The van der Waals surface area contributed by atoms with Crippen molar-refractivity contribution in [3.8, 4) is 0 Å². The fourth-order valence-electron chi connectivity index (χ4n) is 1.29. The van der Waals surface area contributed by atoms with Crippen molar-refractivity contribution in [3.05, 3.63) is 0 Å². The van der Waals surface area contributed by atoms with Crippen LogP contribution < -0.4 is 0 Å². The Balaban J connectivity index is 4.98. The van der Waals surface area contributed by atoms with Gasteiger partial charge in [-0.15, -0.1) is 0 Å². The molecule has 0 saturated heterocycles. The highest BCUT2D eigenvalue weighted by molar-refractivity contribution is 5.84. The maximum absolute atomic E-state index is 12.8. The van der Waals surface area contributed by atoms with Crippen LogP contribution in [0.3, 0.4) is 0 Å². The Morgan fingerprint density at radius 2 is 1.57 bits per heavy atom. The zero-order valence-electron chi connectivity index (χ0n) is 10.8. The lowest BCUT2D eigenvalue weighted by Gasteiger charge is -2.28. The molecule has 0 aromatic carbocycles. The molecule has 0 N–H and O–H groups in total. The summed E-state index contributed by atoms with van der Waals surface area (Å²) in [6, 6.07) is 0. The van der Waals surface area contributed by atoms with E-state index in [4.69, 9.17) is 4.74 Å². The minimum Gasteiger partial charge on any atom is -0.382 e. The van der Waals surface area contributed by atoms with E-state index in [0.29, 0.717) is 0 Å². The first-order valence-electron chi connectivity index (χ1n) is 5.71. The van der Waals surface area contributed by atoms with Crippen LogP contribution in [0.15, 0.2) is 0 Å². The fourth-order valence-corrected chi connectivity index (χ4v) is 1.29. The number of ether oxygens (including phenoxy) is 1. The monoisotopic (exact) mass is 331 g/mol. The molecule has 0 saturated carbocycles. The van der Waals surface area contributed by atoms with Gasteiger partial charge in [0.05, 0.1) is 0 Å². The van der Waals surface area contributed by atoms with E-state index in [-0.39, 0.29) is 19.6 Å². The Labute approximate surface area is 114 Å². The molecule has 0 heterocycles. The van der Waals surface area contributed by atoms with Crippen LogP contribution in [0.4, 0.5) is 35.1 Å². The van der Waals surface area contributed by atoms with Crippen molar-refractivity contribution in [2.24, 2.45) is 0 Å². The number of carbonyl (C=O) groups excluding carboxylic acids is 1. The third-order valence-corrected chi connectivity index (χ3v) is 2.20. The Kier molecular flexibility index (Phi) is 6.84. The summed E-state index contributed by atoms with van der Waals surface area (Å²) in [6.45, 7) is -1.55. The molecule has 1 amide bonds. The van der Waals surface area contributed by atoms with Gasteiger partial charge in [-0.3, -0.25) is 4.79 Å². The fraction of sp³-hybridized carbons (Fsp3) is 0.900. The lowest BCUT2D eigenvalue weighted by molar-refractivity contribution is -0.276. The third-order valence-electron chi connectivity index (χ3n) is 2.20. The lowest BCUT2D eigenvalue weighted by Crippen LogP contribution is -2.54. The molecular weight excluding hydrogens is 318 g/mol. The van der Waals surface area contributed by atoms with Crippen LogP contribution in [-0.2, 0) is 9.53 Å². The molecule has 0 rings (SSSR count). The molecule has 0 aliphatic rings. The summed E-state index contributed by atoms with van der Waals surface area (Å²) in [5.41, 5.74) is 0. The van der Waals surface area contributed by atoms with Gasteiger partial charge < -0.3 is 9.64 Å². The minimum absolute atomic E-state index is 0.171. The second-order valence-corrected chi connectivity index (χ2v) is 3.96. The zero-order chi connectivity index (χ0) is 16.9. The number of hydrogen-bond donors (Lipinski definition) is 0. The van der Waals surface area contributed by atoms with Gasteiger partial charge in [0, 0.05) is 19.8 Å². The molecule has 0 aromatic rings. The van der Waals surface area contributed by atoms with Crippen molar-refractivity contribution < 1.29 is 44.7 Å². The molecule has 0 atom stereocenters. The van der Waals surface area contributed by atoms with E-state index in [2.05, 4.69) is 0 Å². The number of halogens is 8. The summed E-state index contributed by atoms with van der Waals surface area (Å²) in [5, 5.41) is 0. The highest BCUT2D eigenvalue weighted by Crippen LogP contribution is 2.37. The molecule has 11 heteroatoms. The molecule has 21 heavy (non-hydrogen) atoms. The van der Waals surface area contributed by atoms with Crippen molar-refractivity contribution >= 4 is 5.91 Å². The number of rotatable bonds is 7. The van der Waals surface area contributed by atoms with Crippen molar-refractivity contribution in [2.75, 3.05) is 26.3 Å². The van der Waals surface area contributed by atoms with Gasteiger partial charge >= 0.3 is 24.2 Å². The van der Waals surface area contributed by atoms with E-state index in [1.54, 1.807) is 6.92 Å². The first-order valence-corrected chi connectivity index (χ1v) is 5.71. The highest BCUT2D eigenvalue weighted by Gasteiger charge is 2.65. The molecule has 0 radical (unpaired) electrons. The Hall–Kier alpha value is -1.13. The van der Waals surface area contributed by atoms with Gasteiger partial charge in [0.25, 0.3) is 0 Å². The topological polar surface area (TPSA) is 29.5 Å². The summed E-state index contributed by atoms with van der Waals surface area (Å²) in [7, 11) is 0. The molecule has 0 aliphatic carbocycles. The van der Waals surface area contributed by atoms with Crippen molar-refractivity contribution in [1.29, 1.82) is 0 Å². The molecular formula is C10H13F8NO2. The standard InChI is InChI=1S/C10H13F8NO2/c1-2-21-5-3-4-19(6-8(11,12)13)7(20)9(14,15)10(16,17)18/h2-6H2,1H3. The Bertz CT molecular complexity index is 339. The molecule has 0 aliphatic heterocycles. The van der Waals surface area contributed by atoms with Gasteiger partial charge in [-0.1, -0.05) is 0 Å². The Morgan fingerprint density at radius 3 is 1.95 bits per heavy atom. The molecule has 0 aromatic heterocycles. The summed E-state index contributed by atoms with van der Waals surface area (Å²) >= 11 is 0. The molecule has 0 spiro atoms. The van der Waals surface area contributed by atoms with E-state index in [1.165, 1.54) is 0 Å². The summed E-state index contributed by atoms with van der Waals surface area (Å²) in [5.74, 6) is -8.80. The van der Waals surface area contributed by atoms with Crippen LogP contribution in [0.2, 0.25) is 0 Å². The van der Waals surface area contributed by atoms with E-state index >= 15 is 0 Å². The maximum Gasteiger partial charge on any atom is 0.463 e. The number of hydrogen-bond acceptors (Lipinski definition) is 2. The number of nitrogens with zero attached hydrogens (tertiary/aromatic N) is 1. The van der Waals surface area contributed by atoms with Crippen LogP contribution in [0.5, 0.6) is 0 Å². The highest BCUT2D eigenvalue weighted by atomic mass is 19.4. The van der Waals surface area contributed by atoms with E-state index in [1.807, 2.05) is 0 Å². The van der Waals surface area contributed by atoms with Gasteiger partial charge in [0.2, 0.25) is 0 Å². The van der Waals surface area contributed by atoms with Crippen LogP contribution in [0.1, 0.15) is 13.3 Å². The summed E-state index contributed by atoms with van der Waals surface area (Å²) < 4.78 is 103. The summed E-state index contributed by atoms with van der Waals surface area (Å²) in [4.78, 5) is 10.5. The van der Waals surface area contributed by atoms with Crippen molar-refractivity contribution in [2.45, 2.75) is 31.6 Å². The molecule has 3 nitrogen and oxygen atoms in total. The molecule has 0 unspecified atom stereocenters. The zero-order valence-corrected chi connectivity index (χ0v) is 10.8. The first-order chi connectivity index (χ1) is 9.33. The molecule has 0 bridgehead atoms. The second kappa shape index (κ2) is 7.23. The van der Waals surface area contributed by atoms with Gasteiger partial charge in [-0.25, -0.2) is 0 Å². The first kappa shape index (κ1) is 19.9. The predicted octanol–water partition coefficient (Wildman–Crippen LogP) is 3.00. The third kappa shape index (κ3) is 6.44. The quantitative estimate of drug-likeness (QED) is 0.530. The number of alkyl halides is 8. The van der Waals surface area contributed by atoms with Crippen LogP contribution in [0, 0.1) is 0 Å². The SMILES string of the molecule is CCOCCCN(CC(F)(F)F)C(=O)C(F)(F)C(F)(F)F. The van der Waals surface area contributed by atoms with Crippen LogP contribution in [0.25, 0.3) is 0 Å². The van der Waals surface area contributed by atoms with Crippen molar-refractivity contribution in [3.63, 3.8) is 0 Å². The largest absolute Gasteiger partial charge is 0.463 e. The molecule has 126 valence electrons. The number of carbonyl (C=O) groups is 1. The number of amides is 1. The summed E-state index contributed by atoms with van der Waals surface area (Å²) in [6.07, 6.45) is -11.7. The van der Waals surface area contributed by atoms with E-state index in [9.17, 15) is 39.9 Å². The van der Waals surface area contributed by atoms with Crippen LogP contribution in [-0.4, -0.2) is 55.4 Å². The normalized spacial score (nSPS) is 13.4. The lowest BCUT2D eigenvalue weighted by atomic mass is 10.2. The average molecular weight is 331 g/mol. The van der Waals surface area contributed by atoms with Crippen LogP contribution >= 0.6 is 0 Å². The van der Waals surface area contributed by atoms with E-state index < -0.39 is 42.2 Å². The van der Waals surface area contributed by atoms with E-state index in [0.717, 1.165) is 0 Å². The minimum atomic E-state index is -6.26. The average Bonchev–Trinajstić information content (AvgIpc) is 2.29. The smallest absolute Gasteiger partial charge is 0.382 e. The molecule has 0 fully saturated rings.